The van der Waals surface area contributed by atoms with Crippen molar-refractivity contribution in [2.45, 2.75) is 184 Å². The predicted octanol–water partition coefficient (Wildman–Crippen LogP) is 4.97. The summed E-state index contributed by atoms with van der Waals surface area (Å²) in [7, 11) is -10.8. The van der Waals surface area contributed by atoms with Crippen molar-refractivity contribution >= 4 is 27.6 Å². The number of hydrogen-bond acceptors (Lipinski definition) is 16. The largest absolute Gasteiger partial charge is 0.472 e. The Morgan fingerprint density at radius 2 is 1.18 bits per heavy atom. The highest BCUT2D eigenvalue weighted by molar-refractivity contribution is 7.47. The number of esters is 2. The van der Waals surface area contributed by atoms with Gasteiger partial charge in [-0.25, -0.2) is 9.13 Å². The minimum absolute atomic E-state index is 0.000232. The summed E-state index contributed by atoms with van der Waals surface area (Å²) in [5.41, 5.74) is 0. The van der Waals surface area contributed by atoms with Gasteiger partial charge in [-0.3, -0.25) is 23.2 Å². The molecule has 10 N–H and O–H groups in total. The zero-order chi connectivity index (χ0) is 49.4. The molecule has 0 saturated heterocycles. The molecule has 19 nitrogen and oxygen atoms in total. The molecule has 0 amide bonds. The SMILES string of the molecule is CCC/C=C\C/C=C\CCCCCCCC(=O)O[C@H](COC(=O)CCC[C@@H](O)[C@H](O)/C=C/C=C/C=C\C=C\[C@H](O)CCCCC)COP(=O)(O)O[C@H]1C(O)C(O)C(O)[C@@H](OP(=O)(O)O)C1O. The van der Waals surface area contributed by atoms with E-state index in [4.69, 9.17) is 28.3 Å². The van der Waals surface area contributed by atoms with Gasteiger partial charge in [0.05, 0.1) is 24.9 Å². The minimum atomic E-state index is -5.41. The zero-order valence-electron chi connectivity index (χ0n) is 38.2. The average Bonchev–Trinajstić information content (AvgIpc) is 3.26. The van der Waals surface area contributed by atoms with E-state index < -0.39 is 102 Å². The van der Waals surface area contributed by atoms with Crippen LogP contribution in [0.1, 0.15) is 123 Å². The molecule has 0 aromatic carbocycles. The Hall–Kier alpha value is -2.68. The summed E-state index contributed by atoms with van der Waals surface area (Å²) < 4.78 is 49.0. The number of phosphoric acid groups is 2. The predicted molar refractivity (Wildman–Crippen MR) is 245 cm³/mol. The maximum absolute atomic E-state index is 13.0. The smallest absolute Gasteiger partial charge is 0.462 e. The third-order valence-corrected chi connectivity index (χ3v) is 11.6. The van der Waals surface area contributed by atoms with Gasteiger partial charge in [0, 0.05) is 12.8 Å². The van der Waals surface area contributed by atoms with Gasteiger partial charge < -0.3 is 59.9 Å². The molecule has 380 valence electrons. The number of carbonyl (C=O) groups is 2. The van der Waals surface area contributed by atoms with E-state index in [0.29, 0.717) is 19.3 Å². The fourth-order valence-corrected chi connectivity index (χ4v) is 7.93. The highest BCUT2D eigenvalue weighted by Crippen LogP contribution is 2.49. The lowest BCUT2D eigenvalue weighted by molar-refractivity contribution is -0.216. The maximum atomic E-state index is 13.0. The molecule has 1 aliphatic carbocycles. The third-order valence-electron chi connectivity index (χ3n) is 10.1. The van der Waals surface area contributed by atoms with Crippen molar-refractivity contribution in [3.8, 4) is 0 Å². The second kappa shape index (κ2) is 35.4. The average molecular weight is 983 g/mol. The lowest BCUT2D eigenvalue weighted by atomic mass is 9.85. The highest BCUT2D eigenvalue weighted by Gasteiger charge is 2.54. The van der Waals surface area contributed by atoms with Gasteiger partial charge >= 0.3 is 27.6 Å². The molecule has 1 rings (SSSR count). The summed E-state index contributed by atoms with van der Waals surface area (Å²) in [5, 5.41) is 71.7. The van der Waals surface area contributed by atoms with Gasteiger partial charge in [0.1, 0.15) is 43.2 Å². The summed E-state index contributed by atoms with van der Waals surface area (Å²) in [6.45, 7) is 2.61. The standard InChI is InChI=1S/C45H76O19P2/c1-3-5-7-8-9-10-11-12-13-14-15-20-24-30-39(50)62-35(33-61-66(58,59)64-45-42(53)40(51)41(52)44(43(45)54)63-65(55,56)57)32-60-38(49)31-25-29-37(48)36(47)28-23-19-17-16-18-22-27-34(46)26-21-6-4-2/h7-8,10-11,16-19,22-23,27-28,34-37,40-48,51-54H,3-6,9,12-15,20-21,24-26,29-33H2,1-2H3,(H,58,59)(H2,55,56,57)/b8-7-,11-10-,18-16-,19-17+,27-22+,28-23+/t34-,35-,36-,37-,40?,41?,42?,43?,44-,45+/m1/s1. The molecule has 0 aliphatic heterocycles. The van der Waals surface area contributed by atoms with Crippen molar-refractivity contribution in [2.24, 2.45) is 0 Å². The molecular weight excluding hydrogens is 906 g/mol. The molecule has 0 radical (unpaired) electrons. The minimum Gasteiger partial charge on any atom is -0.462 e. The van der Waals surface area contributed by atoms with Crippen molar-refractivity contribution in [2.75, 3.05) is 13.2 Å². The summed E-state index contributed by atoms with van der Waals surface area (Å²) in [6.07, 6.45) is 15.0. The number of unbranched alkanes of at least 4 members (excludes halogenated alkanes) is 8. The van der Waals surface area contributed by atoms with Crippen LogP contribution in [0, 0.1) is 0 Å². The van der Waals surface area contributed by atoms with Crippen LogP contribution >= 0.6 is 15.6 Å². The first-order valence-corrected chi connectivity index (χ1v) is 25.8. The third kappa shape index (κ3) is 29.3. The van der Waals surface area contributed by atoms with Crippen LogP contribution in [0.15, 0.2) is 72.9 Å². The summed E-state index contributed by atoms with van der Waals surface area (Å²) >= 11 is 0. The summed E-state index contributed by atoms with van der Waals surface area (Å²) in [4.78, 5) is 54.2. The van der Waals surface area contributed by atoms with Crippen LogP contribution in [0.5, 0.6) is 0 Å². The number of aliphatic hydroxyl groups excluding tert-OH is 7. The lowest BCUT2D eigenvalue weighted by Gasteiger charge is -2.43. The molecule has 0 spiro atoms. The number of rotatable bonds is 36. The van der Waals surface area contributed by atoms with E-state index >= 15 is 0 Å². The van der Waals surface area contributed by atoms with Crippen molar-refractivity contribution in [3.63, 3.8) is 0 Å². The van der Waals surface area contributed by atoms with E-state index in [1.165, 1.54) is 12.2 Å². The molecule has 0 bridgehead atoms. The number of carbonyl (C=O) groups excluding carboxylic acids is 2. The normalized spacial score (nSPS) is 23.6. The number of hydrogen-bond donors (Lipinski definition) is 10. The van der Waals surface area contributed by atoms with Gasteiger partial charge in [0.2, 0.25) is 0 Å². The van der Waals surface area contributed by atoms with Gasteiger partial charge in [-0.1, -0.05) is 132 Å². The van der Waals surface area contributed by atoms with E-state index in [1.54, 1.807) is 36.5 Å². The number of aliphatic hydroxyl groups is 7. The zero-order valence-corrected chi connectivity index (χ0v) is 40.0. The Morgan fingerprint density at radius 1 is 0.591 bits per heavy atom. The first kappa shape index (κ1) is 61.3. The summed E-state index contributed by atoms with van der Waals surface area (Å²) in [6, 6.07) is 0. The van der Waals surface area contributed by atoms with Gasteiger partial charge in [-0.15, -0.1) is 0 Å². The molecule has 21 heteroatoms. The highest BCUT2D eigenvalue weighted by atomic mass is 31.2. The van der Waals surface area contributed by atoms with Gasteiger partial charge in [0.15, 0.2) is 6.10 Å². The molecule has 1 saturated carbocycles. The monoisotopic (exact) mass is 982 g/mol. The number of allylic oxidation sites excluding steroid dienone is 10. The van der Waals surface area contributed by atoms with E-state index in [9.17, 15) is 59.4 Å². The van der Waals surface area contributed by atoms with Crippen molar-refractivity contribution in [3.05, 3.63) is 72.9 Å². The second-order valence-electron chi connectivity index (χ2n) is 16.0. The Bertz CT molecular complexity index is 1610. The van der Waals surface area contributed by atoms with Crippen molar-refractivity contribution in [1.29, 1.82) is 0 Å². The van der Waals surface area contributed by atoms with Gasteiger partial charge in [-0.05, 0) is 51.4 Å². The summed E-state index contributed by atoms with van der Waals surface area (Å²) in [5.74, 6) is -1.56. The van der Waals surface area contributed by atoms with Crippen molar-refractivity contribution < 1.29 is 92.2 Å². The number of phosphoric ester groups is 2. The fraction of sp³-hybridized carbons (Fsp3) is 0.689. The second-order valence-corrected chi connectivity index (χ2v) is 18.6. The molecule has 1 aliphatic rings. The van der Waals surface area contributed by atoms with Crippen LogP contribution in [-0.2, 0) is 41.8 Å². The van der Waals surface area contributed by atoms with Crippen LogP contribution in [0.3, 0.4) is 0 Å². The molecule has 11 atom stereocenters. The van der Waals surface area contributed by atoms with E-state index in [2.05, 4.69) is 42.7 Å². The molecular formula is C45H76O19P2. The van der Waals surface area contributed by atoms with Crippen LogP contribution in [0.4, 0.5) is 0 Å². The molecule has 5 unspecified atom stereocenters. The topological polar surface area (TPSA) is 317 Å². The van der Waals surface area contributed by atoms with Crippen LogP contribution in [0.2, 0.25) is 0 Å². The van der Waals surface area contributed by atoms with Gasteiger partial charge in [-0.2, -0.15) is 0 Å². The van der Waals surface area contributed by atoms with Crippen molar-refractivity contribution in [1.82, 2.24) is 0 Å². The molecule has 0 aromatic heterocycles. The van der Waals surface area contributed by atoms with Crippen LogP contribution in [-0.4, -0.2) is 137 Å². The first-order chi connectivity index (χ1) is 31.3. The molecule has 1 fully saturated rings. The maximum Gasteiger partial charge on any atom is 0.472 e. The first-order valence-electron chi connectivity index (χ1n) is 22.8. The molecule has 66 heavy (non-hydrogen) atoms. The Labute approximate surface area is 389 Å². The van der Waals surface area contributed by atoms with Gasteiger partial charge in [0.25, 0.3) is 0 Å². The Balaban J connectivity index is 2.77. The van der Waals surface area contributed by atoms with Crippen LogP contribution in [0.25, 0.3) is 0 Å². The molecule has 0 heterocycles. The van der Waals surface area contributed by atoms with E-state index in [0.717, 1.165) is 64.2 Å². The Kier molecular flexibility index (Phi) is 32.9. The Morgan fingerprint density at radius 3 is 1.83 bits per heavy atom. The van der Waals surface area contributed by atoms with E-state index in [-0.39, 0.29) is 25.7 Å². The lowest BCUT2D eigenvalue weighted by Crippen LogP contribution is -2.64. The quantitative estimate of drug-likeness (QED) is 0.0130. The number of ether oxygens (including phenoxy) is 2. The fourth-order valence-electron chi connectivity index (χ4n) is 6.39. The molecule has 0 aromatic rings. The van der Waals surface area contributed by atoms with Crippen LogP contribution < -0.4 is 0 Å². The van der Waals surface area contributed by atoms with E-state index in [1.807, 2.05) is 0 Å².